The van der Waals surface area contributed by atoms with Crippen molar-refractivity contribution in [2.75, 3.05) is 48.0 Å². The number of carbonyl (C=O) groups excluding carboxylic acids is 1. The van der Waals surface area contributed by atoms with Gasteiger partial charge in [-0.25, -0.2) is 0 Å². The van der Waals surface area contributed by atoms with Gasteiger partial charge in [-0.05, 0) is 112 Å². The number of benzene rings is 1. The summed E-state index contributed by atoms with van der Waals surface area (Å²) in [4.78, 5) is 18.2. The number of hydrogen-bond acceptors (Lipinski definition) is 17. The predicted molar refractivity (Wildman–Crippen MR) is 238 cm³/mol. The molecule has 17 heteroatoms. The molecule has 370 valence electrons. The van der Waals surface area contributed by atoms with E-state index in [9.17, 15) is 35.4 Å². The Bertz CT molecular complexity index is 1590. The molecule has 3 aliphatic heterocycles. The van der Waals surface area contributed by atoms with Crippen LogP contribution in [0.3, 0.4) is 0 Å². The molecule has 6 N–H and O–H groups in total. The van der Waals surface area contributed by atoms with Gasteiger partial charge < -0.3 is 73.4 Å². The van der Waals surface area contributed by atoms with Crippen molar-refractivity contribution in [3.8, 4) is 11.5 Å². The molecule has 64 heavy (non-hydrogen) atoms. The molecule has 4 rings (SSSR count). The quantitative estimate of drug-likeness (QED) is 0.157. The number of aliphatic hydroxyl groups excluding tert-OH is 4. The molecule has 0 bridgehead atoms. The van der Waals surface area contributed by atoms with Crippen LogP contribution in [0.4, 0.5) is 0 Å². The Morgan fingerprint density at radius 1 is 0.922 bits per heavy atom. The monoisotopic (exact) mass is 915 g/mol. The highest BCUT2D eigenvalue weighted by molar-refractivity contribution is 5.73. The van der Waals surface area contributed by atoms with E-state index in [1.54, 1.807) is 86.9 Å². The molecule has 0 spiro atoms. The fraction of sp³-hybridized carbons (Fsp3) is 0.851. The average molecular weight is 915 g/mol. The largest absolute Gasteiger partial charge is 0.497 e. The maximum Gasteiger partial charge on any atom is 0.311 e. The summed E-state index contributed by atoms with van der Waals surface area (Å²) in [5.74, 6) is -1.59. The summed E-state index contributed by atoms with van der Waals surface area (Å²) >= 11 is 0. The predicted octanol–water partition coefficient (Wildman–Crippen LogP) is 2.72. The van der Waals surface area contributed by atoms with Crippen molar-refractivity contribution in [3.63, 3.8) is 0 Å². The van der Waals surface area contributed by atoms with Crippen LogP contribution < -0.4 is 9.47 Å². The summed E-state index contributed by atoms with van der Waals surface area (Å²) < 4.78 is 49.0. The van der Waals surface area contributed by atoms with Crippen LogP contribution in [0.15, 0.2) is 24.3 Å². The van der Waals surface area contributed by atoms with E-state index in [0.29, 0.717) is 24.5 Å². The highest BCUT2D eigenvalue weighted by Gasteiger charge is 2.53. The number of esters is 1. The van der Waals surface area contributed by atoms with Gasteiger partial charge >= 0.3 is 5.97 Å². The molecule has 3 saturated heterocycles. The molecule has 0 amide bonds. The molecule has 0 aliphatic carbocycles. The van der Waals surface area contributed by atoms with E-state index in [1.165, 1.54) is 14.0 Å². The second-order valence-corrected chi connectivity index (χ2v) is 19.8. The topological polar surface area (TPSA) is 219 Å². The van der Waals surface area contributed by atoms with Crippen LogP contribution in [0.5, 0.6) is 11.5 Å². The number of likely N-dealkylation sites (N-methyl/N-ethyl adjacent to an activating group) is 2. The Kier molecular flexibility index (Phi) is 19.3. The normalized spacial score (nSPS) is 42.9. The number of rotatable bonds is 13. The second kappa shape index (κ2) is 22.7. The number of carbonyl (C=O) groups is 1. The molecule has 3 heterocycles. The first kappa shape index (κ1) is 54.4. The summed E-state index contributed by atoms with van der Waals surface area (Å²) in [7, 11) is 6.70. The van der Waals surface area contributed by atoms with Gasteiger partial charge in [-0.1, -0.05) is 20.8 Å². The van der Waals surface area contributed by atoms with Crippen molar-refractivity contribution in [1.29, 1.82) is 0 Å². The van der Waals surface area contributed by atoms with Crippen molar-refractivity contribution < 1.29 is 73.3 Å². The maximum atomic E-state index is 14.4. The van der Waals surface area contributed by atoms with Crippen LogP contribution in [0.2, 0.25) is 0 Å². The fourth-order valence-electron chi connectivity index (χ4n) is 10.0. The molecule has 17 nitrogen and oxygen atoms in total. The maximum absolute atomic E-state index is 14.4. The third-order valence-electron chi connectivity index (χ3n) is 14.1. The first-order valence-corrected chi connectivity index (χ1v) is 23.0. The molecule has 2 unspecified atom stereocenters. The van der Waals surface area contributed by atoms with Gasteiger partial charge in [0, 0.05) is 44.6 Å². The van der Waals surface area contributed by atoms with E-state index in [2.05, 4.69) is 0 Å². The van der Waals surface area contributed by atoms with E-state index in [1.807, 2.05) is 30.7 Å². The number of cyclic esters (lactones) is 1. The first-order valence-electron chi connectivity index (χ1n) is 23.0. The second-order valence-electron chi connectivity index (χ2n) is 19.8. The summed E-state index contributed by atoms with van der Waals surface area (Å²) in [6.45, 7) is 17.9. The average Bonchev–Trinajstić information content (AvgIpc) is 3.24. The van der Waals surface area contributed by atoms with Crippen molar-refractivity contribution in [1.82, 2.24) is 9.80 Å². The van der Waals surface area contributed by atoms with Gasteiger partial charge in [0.25, 0.3) is 0 Å². The zero-order valence-electron chi connectivity index (χ0n) is 40.7. The van der Waals surface area contributed by atoms with E-state index in [0.717, 1.165) is 0 Å². The molecule has 0 saturated carbocycles. The number of methoxy groups -OCH3 is 2. The minimum Gasteiger partial charge on any atom is -0.497 e. The van der Waals surface area contributed by atoms with E-state index >= 15 is 0 Å². The lowest BCUT2D eigenvalue weighted by atomic mass is 9.77. The SMILES string of the molecule is CC[C@H]1OC(=O)[C@H](C)[C@@H](O[C@H]2C[C@@](C)(OC)[C@@H](O)[C@H](C)O2)[C@H](C)[C@@H](O[C@@H]2O[C@H](C)CC(N(C)CC(O)COc3ccc(OC)cc3)[C@H]2O)[C@](C)(O)C[C@@H](C)CN(C)[C@H](C)[C@@H](O)[C@]1(C)O. The van der Waals surface area contributed by atoms with Crippen LogP contribution in [-0.2, 0) is 33.2 Å². The summed E-state index contributed by atoms with van der Waals surface area (Å²) in [6, 6.07) is 5.92. The minimum atomic E-state index is -1.84. The Morgan fingerprint density at radius 2 is 1.55 bits per heavy atom. The number of hydrogen-bond donors (Lipinski definition) is 6. The Balaban J connectivity index is 1.71. The molecule has 1 aromatic rings. The highest BCUT2D eigenvalue weighted by atomic mass is 16.7. The Labute approximate surface area is 381 Å². The van der Waals surface area contributed by atoms with Crippen molar-refractivity contribution >= 4 is 5.97 Å². The zero-order chi connectivity index (χ0) is 48.1. The van der Waals surface area contributed by atoms with Crippen molar-refractivity contribution in [3.05, 3.63) is 24.3 Å². The zero-order valence-corrected chi connectivity index (χ0v) is 40.7. The number of nitrogens with zero attached hydrogens (tertiary/aromatic N) is 2. The summed E-state index contributed by atoms with van der Waals surface area (Å²) in [6.07, 6.45) is -10.3. The van der Waals surface area contributed by atoms with Gasteiger partial charge in [-0.15, -0.1) is 0 Å². The third-order valence-corrected chi connectivity index (χ3v) is 14.1. The van der Waals surface area contributed by atoms with Crippen molar-refractivity contribution in [2.24, 2.45) is 17.8 Å². The van der Waals surface area contributed by atoms with Gasteiger partial charge in [0.05, 0.1) is 48.6 Å². The lowest BCUT2D eigenvalue weighted by molar-refractivity contribution is -0.318. The molecule has 3 fully saturated rings. The highest BCUT2D eigenvalue weighted by Crippen LogP contribution is 2.40. The van der Waals surface area contributed by atoms with Crippen LogP contribution in [0.25, 0.3) is 0 Å². The van der Waals surface area contributed by atoms with Gasteiger partial charge in [0.15, 0.2) is 12.6 Å². The van der Waals surface area contributed by atoms with Crippen LogP contribution in [0.1, 0.15) is 94.9 Å². The minimum absolute atomic E-state index is 0.00354. The number of ether oxygens (including phenoxy) is 8. The number of aliphatic hydroxyl groups is 6. The first-order chi connectivity index (χ1) is 29.8. The molecular weight excluding hydrogens is 833 g/mol. The standard InChI is InChI=1S/C47H82N2O15/c1-15-36-47(10,56)40(52)30(6)48(11)23-26(2)21-45(8,55)42(28(4)39(29(5)43(54)62-36)63-37-22-46(9,58-14)41(53)31(7)61-37)64-44-38(51)35(20-27(3)60-44)49(12)24-32(50)25-59-34-18-16-33(57-13)17-19-34/h16-19,26-32,35-42,44,50-53,55-56H,15,20-25H2,1-14H3/t26-,27-,28+,29-,30-,31+,32?,35?,36-,37+,38-,39+,40-,41+,42-,44+,45-,46-,47-/m1/s1. The Hall–Kier alpha value is -2.23. The van der Waals surface area contributed by atoms with E-state index in [-0.39, 0.29) is 38.3 Å². The lowest BCUT2D eigenvalue weighted by Gasteiger charge is -2.49. The summed E-state index contributed by atoms with van der Waals surface area (Å²) in [5.41, 5.74) is -4.56. The van der Waals surface area contributed by atoms with Gasteiger partial charge in [-0.2, -0.15) is 0 Å². The van der Waals surface area contributed by atoms with E-state index in [4.69, 9.17) is 37.9 Å². The molecule has 0 aromatic heterocycles. The Morgan fingerprint density at radius 3 is 2.14 bits per heavy atom. The van der Waals surface area contributed by atoms with Crippen molar-refractivity contribution in [2.45, 2.75) is 191 Å². The molecule has 0 radical (unpaired) electrons. The molecular formula is C47H82N2O15. The summed E-state index contributed by atoms with van der Waals surface area (Å²) in [5, 5.41) is 70.3. The van der Waals surface area contributed by atoms with Gasteiger partial charge in [0.1, 0.15) is 54.2 Å². The van der Waals surface area contributed by atoms with Crippen LogP contribution in [-0.4, -0.2) is 191 Å². The van der Waals surface area contributed by atoms with Gasteiger partial charge in [0.2, 0.25) is 0 Å². The van der Waals surface area contributed by atoms with E-state index < -0.39 is 114 Å². The molecule has 3 aliphatic rings. The van der Waals surface area contributed by atoms with Crippen LogP contribution in [0, 0.1) is 17.8 Å². The molecule has 19 atom stereocenters. The van der Waals surface area contributed by atoms with Gasteiger partial charge in [-0.3, -0.25) is 9.69 Å². The molecule has 1 aromatic carbocycles. The fourth-order valence-corrected chi connectivity index (χ4v) is 10.0. The lowest BCUT2D eigenvalue weighted by Crippen LogP contribution is -2.61. The third kappa shape index (κ3) is 13.1. The van der Waals surface area contributed by atoms with Crippen LogP contribution >= 0.6 is 0 Å². The smallest absolute Gasteiger partial charge is 0.311 e.